The summed E-state index contributed by atoms with van der Waals surface area (Å²) in [6.07, 6.45) is 0.411. The van der Waals surface area contributed by atoms with Gasteiger partial charge in [0.1, 0.15) is 11.9 Å². The molecule has 0 saturated carbocycles. The van der Waals surface area contributed by atoms with Crippen LogP contribution >= 0.6 is 0 Å². The molecule has 26 heavy (non-hydrogen) atoms. The number of hydrogen-bond donors (Lipinski definition) is 2. The highest BCUT2D eigenvalue weighted by molar-refractivity contribution is 5.85. The summed E-state index contributed by atoms with van der Waals surface area (Å²) in [5.74, 6) is -1.58. The van der Waals surface area contributed by atoms with Crippen molar-refractivity contribution in [3.05, 3.63) is 47.0 Å². The number of carbonyl (C=O) groups is 2. The van der Waals surface area contributed by atoms with Gasteiger partial charge in [-0.1, -0.05) is 13.8 Å². The first-order valence-electron chi connectivity index (χ1n) is 8.52. The number of carboxylic acid groups (broad SMARTS) is 1. The first-order chi connectivity index (χ1) is 12.2. The molecule has 0 radical (unpaired) electrons. The Morgan fingerprint density at radius 3 is 2.38 bits per heavy atom. The lowest BCUT2D eigenvalue weighted by Crippen LogP contribution is -2.42. The average molecular weight is 361 g/mol. The summed E-state index contributed by atoms with van der Waals surface area (Å²) >= 11 is 0. The Bertz CT molecular complexity index is 797. The minimum Gasteiger partial charge on any atom is -0.480 e. The second-order valence-corrected chi connectivity index (χ2v) is 6.80. The van der Waals surface area contributed by atoms with Crippen molar-refractivity contribution in [1.29, 1.82) is 0 Å². The number of amides is 1. The van der Waals surface area contributed by atoms with Gasteiger partial charge in [-0.05, 0) is 50.5 Å². The molecule has 0 aliphatic heterocycles. The molecule has 2 aromatic rings. The summed E-state index contributed by atoms with van der Waals surface area (Å²) in [4.78, 5) is 23.7. The predicted molar refractivity (Wildman–Crippen MR) is 95.7 cm³/mol. The molecule has 0 bridgehead atoms. The van der Waals surface area contributed by atoms with Crippen molar-refractivity contribution in [3.8, 4) is 5.69 Å². The average Bonchev–Trinajstić information content (AvgIpc) is 2.82. The fraction of sp³-hybridized carbons (Fsp3) is 0.421. The number of carboxylic acids is 1. The van der Waals surface area contributed by atoms with Crippen LogP contribution in [0.5, 0.6) is 0 Å². The Kier molecular flexibility index (Phi) is 6.13. The molecule has 0 aliphatic rings. The molecular formula is C19H24FN3O3. The maximum Gasteiger partial charge on any atom is 0.326 e. The zero-order valence-corrected chi connectivity index (χ0v) is 15.4. The molecule has 1 aromatic heterocycles. The summed E-state index contributed by atoms with van der Waals surface area (Å²) < 4.78 is 14.8. The van der Waals surface area contributed by atoms with Crippen LogP contribution in [0.1, 0.15) is 37.2 Å². The van der Waals surface area contributed by atoms with Crippen molar-refractivity contribution in [1.82, 2.24) is 15.1 Å². The Morgan fingerprint density at radius 1 is 1.23 bits per heavy atom. The molecule has 0 saturated heterocycles. The SMILES string of the molecule is Cc1nn(-c2ccc(F)cc2)c(C)c1CC(=O)N[C@@H](CC(C)C)C(=O)O. The van der Waals surface area contributed by atoms with Crippen molar-refractivity contribution in [3.63, 3.8) is 0 Å². The van der Waals surface area contributed by atoms with E-state index in [1.807, 2.05) is 20.8 Å². The summed E-state index contributed by atoms with van der Waals surface area (Å²) in [5, 5.41) is 16.3. The van der Waals surface area contributed by atoms with E-state index in [0.29, 0.717) is 17.8 Å². The molecule has 0 aliphatic carbocycles. The minimum absolute atomic E-state index is 0.0424. The van der Waals surface area contributed by atoms with Gasteiger partial charge in [0.2, 0.25) is 5.91 Å². The number of aliphatic carboxylic acids is 1. The van der Waals surface area contributed by atoms with Crippen LogP contribution in [-0.2, 0) is 16.0 Å². The number of carbonyl (C=O) groups excluding carboxylic acids is 1. The van der Waals surface area contributed by atoms with Crippen LogP contribution in [0, 0.1) is 25.6 Å². The van der Waals surface area contributed by atoms with Crippen LogP contribution < -0.4 is 5.32 Å². The van der Waals surface area contributed by atoms with E-state index in [-0.39, 0.29) is 24.1 Å². The fourth-order valence-electron chi connectivity index (χ4n) is 2.86. The van der Waals surface area contributed by atoms with E-state index in [9.17, 15) is 19.1 Å². The Balaban J connectivity index is 2.18. The van der Waals surface area contributed by atoms with Gasteiger partial charge in [-0.2, -0.15) is 5.10 Å². The minimum atomic E-state index is -1.04. The molecule has 2 N–H and O–H groups in total. The van der Waals surface area contributed by atoms with Gasteiger partial charge in [-0.3, -0.25) is 4.79 Å². The molecule has 6 nitrogen and oxygen atoms in total. The number of aryl methyl sites for hydroxylation is 1. The normalized spacial score (nSPS) is 12.2. The lowest BCUT2D eigenvalue weighted by Gasteiger charge is -2.16. The van der Waals surface area contributed by atoms with Gasteiger partial charge in [0.15, 0.2) is 0 Å². The third-order valence-corrected chi connectivity index (χ3v) is 4.19. The summed E-state index contributed by atoms with van der Waals surface area (Å²) in [5.41, 5.74) is 2.88. The summed E-state index contributed by atoms with van der Waals surface area (Å²) in [7, 11) is 0. The number of nitrogens with zero attached hydrogens (tertiary/aromatic N) is 2. The largest absolute Gasteiger partial charge is 0.480 e. The van der Waals surface area contributed by atoms with Crippen LogP contribution in [0.2, 0.25) is 0 Å². The number of aromatic nitrogens is 2. The Labute approximate surface area is 152 Å². The van der Waals surface area contributed by atoms with E-state index < -0.39 is 12.0 Å². The maximum absolute atomic E-state index is 13.1. The van der Waals surface area contributed by atoms with Crippen LogP contribution in [0.25, 0.3) is 5.69 Å². The fourth-order valence-corrected chi connectivity index (χ4v) is 2.86. The second kappa shape index (κ2) is 8.12. The summed E-state index contributed by atoms with van der Waals surface area (Å²) in [6, 6.07) is 5.02. The molecule has 0 unspecified atom stereocenters. The second-order valence-electron chi connectivity index (χ2n) is 6.80. The van der Waals surface area contributed by atoms with Crippen LogP contribution in [0.15, 0.2) is 24.3 Å². The first-order valence-corrected chi connectivity index (χ1v) is 8.52. The van der Waals surface area contributed by atoms with Crippen molar-refractivity contribution < 1.29 is 19.1 Å². The molecule has 140 valence electrons. The highest BCUT2D eigenvalue weighted by Crippen LogP contribution is 2.19. The van der Waals surface area contributed by atoms with Crippen molar-refractivity contribution in [2.24, 2.45) is 5.92 Å². The van der Waals surface area contributed by atoms with E-state index in [2.05, 4.69) is 10.4 Å². The molecule has 7 heteroatoms. The molecule has 1 heterocycles. The molecule has 0 spiro atoms. The van der Waals surface area contributed by atoms with Crippen molar-refractivity contribution >= 4 is 11.9 Å². The monoisotopic (exact) mass is 361 g/mol. The molecule has 1 amide bonds. The van der Waals surface area contributed by atoms with E-state index in [0.717, 1.165) is 11.3 Å². The number of benzene rings is 1. The van der Waals surface area contributed by atoms with Gasteiger partial charge in [-0.15, -0.1) is 0 Å². The van der Waals surface area contributed by atoms with Crippen molar-refractivity contribution in [2.75, 3.05) is 0 Å². The van der Waals surface area contributed by atoms with Crippen LogP contribution in [-0.4, -0.2) is 32.8 Å². The van der Waals surface area contributed by atoms with E-state index in [4.69, 9.17) is 0 Å². The van der Waals surface area contributed by atoms with Crippen LogP contribution in [0.4, 0.5) is 4.39 Å². The Morgan fingerprint density at radius 2 is 1.85 bits per heavy atom. The molecular weight excluding hydrogens is 337 g/mol. The highest BCUT2D eigenvalue weighted by Gasteiger charge is 2.23. The number of rotatable bonds is 7. The third kappa shape index (κ3) is 4.68. The molecule has 1 aromatic carbocycles. The quantitative estimate of drug-likeness (QED) is 0.794. The number of nitrogens with one attached hydrogen (secondary N) is 1. The van der Waals surface area contributed by atoms with Gasteiger partial charge < -0.3 is 10.4 Å². The predicted octanol–water partition coefficient (Wildman–Crippen LogP) is 2.79. The summed E-state index contributed by atoms with van der Waals surface area (Å²) in [6.45, 7) is 7.43. The van der Waals surface area contributed by atoms with Crippen molar-refractivity contribution in [2.45, 2.75) is 46.6 Å². The number of halogens is 1. The lowest BCUT2D eigenvalue weighted by atomic mass is 10.0. The van der Waals surface area contributed by atoms with E-state index in [1.54, 1.807) is 23.7 Å². The van der Waals surface area contributed by atoms with Gasteiger partial charge in [-0.25, -0.2) is 13.9 Å². The molecule has 2 rings (SSSR count). The van der Waals surface area contributed by atoms with Gasteiger partial charge in [0.05, 0.1) is 17.8 Å². The van der Waals surface area contributed by atoms with Gasteiger partial charge >= 0.3 is 5.97 Å². The number of hydrogen-bond acceptors (Lipinski definition) is 3. The Hall–Kier alpha value is -2.70. The third-order valence-electron chi connectivity index (χ3n) is 4.19. The van der Waals surface area contributed by atoms with Gasteiger partial charge in [0, 0.05) is 11.3 Å². The maximum atomic E-state index is 13.1. The molecule has 0 fully saturated rings. The zero-order valence-electron chi connectivity index (χ0n) is 15.4. The zero-order chi connectivity index (χ0) is 19.4. The lowest BCUT2D eigenvalue weighted by molar-refractivity contribution is -0.142. The first kappa shape index (κ1) is 19.6. The van der Waals surface area contributed by atoms with Gasteiger partial charge in [0.25, 0.3) is 0 Å². The van der Waals surface area contributed by atoms with E-state index >= 15 is 0 Å². The smallest absolute Gasteiger partial charge is 0.326 e. The highest BCUT2D eigenvalue weighted by atomic mass is 19.1. The molecule has 1 atom stereocenters. The van der Waals surface area contributed by atoms with Crippen LogP contribution in [0.3, 0.4) is 0 Å². The standard InChI is InChI=1S/C19H24FN3O3/c1-11(2)9-17(19(25)26)21-18(24)10-16-12(3)22-23(13(16)4)15-7-5-14(20)6-8-15/h5-8,11,17H,9-10H2,1-4H3,(H,21,24)(H,25,26)/t17-/m0/s1. The van der Waals surface area contributed by atoms with E-state index in [1.165, 1.54) is 12.1 Å². The topological polar surface area (TPSA) is 84.2 Å².